The second-order valence-electron chi connectivity index (χ2n) is 2.95. The average molecular weight is 227 g/mol. The number of hydrogen-bond donors (Lipinski definition) is 0. The van der Waals surface area contributed by atoms with Gasteiger partial charge in [0.05, 0.1) is 11.2 Å². The van der Waals surface area contributed by atoms with Gasteiger partial charge in [-0.05, 0) is 36.2 Å². The van der Waals surface area contributed by atoms with Crippen LogP contribution >= 0.6 is 23.2 Å². The number of nitrogens with zero attached hydrogens (tertiary/aromatic N) is 2. The Bertz CT molecular complexity index is 483. The molecular formula is C10H8Cl2N2. The lowest BCUT2D eigenvalue weighted by molar-refractivity contribution is 1.03. The van der Waals surface area contributed by atoms with E-state index in [-0.39, 0.29) is 5.28 Å². The summed E-state index contributed by atoms with van der Waals surface area (Å²) in [6, 6.07) is 5.52. The summed E-state index contributed by atoms with van der Waals surface area (Å²) in [5, 5.41) is 1.96. The Morgan fingerprint density at radius 2 is 2.00 bits per heavy atom. The van der Waals surface area contributed by atoms with Crippen LogP contribution in [-0.2, 0) is 6.42 Å². The average Bonchev–Trinajstić information content (AvgIpc) is 2.17. The normalized spacial score (nSPS) is 10.8. The fraction of sp³-hybridized carbons (Fsp3) is 0.200. The van der Waals surface area contributed by atoms with Crippen molar-refractivity contribution in [2.45, 2.75) is 13.3 Å². The second kappa shape index (κ2) is 3.71. The van der Waals surface area contributed by atoms with E-state index < -0.39 is 0 Å². The van der Waals surface area contributed by atoms with E-state index in [1.54, 1.807) is 6.07 Å². The summed E-state index contributed by atoms with van der Waals surface area (Å²) in [7, 11) is 0. The van der Waals surface area contributed by atoms with Crippen LogP contribution in [0.1, 0.15) is 12.6 Å². The molecule has 2 aromatic rings. The Morgan fingerprint density at radius 3 is 2.71 bits per heavy atom. The monoisotopic (exact) mass is 226 g/mol. The largest absolute Gasteiger partial charge is 0.223 e. The Labute approximate surface area is 91.9 Å². The summed E-state index contributed by atoms with van der Waals surface area (Å²) in [4.78, 5) is 8.28. The zero-order valence-electron chi connectivity index (χ0n) is 7.59. The van der Waals surface area contributed by atoms with Crippen molar-refractivity contribution in [3.8, 4) is 0 Å². The fourth-order valence-electron chi connectivity index (χ4n) is 1.40. The van der Waals surface area contributed by atoms with E-state index in [9.17, 15) is 0 Å². The first kappa shape index (κ1) is 9.69. The molecule has 0 saturated carbocycles. The van der Waals surface area contributed by atoms with Gasteiger partial charge in [-0.1, -0.05) is 18.5 Å². The van der Waals surface area contributed by atoms with Gasteiger partial charge >= 0.3 is 0 Å². The molecule has 2 rings (SSSR count). The number of rotatable bonds is 1. The minimum absolute atomic E-state index is 0.289. The van der Waals surface area contributed by atoms with E-state index >= 15 is 0 Å². The lowest BCUT2D eigenvalue weighted by Crippen LogP contribution is -1.93. The number of hydrogen-bond acceptors (Lipinski definition) is 2. The first-order valence-electron chi connectivity index (χ1n) is 4.32. The standard InChI is InChI=1S/C10H8Cl2N2/c1-2-8-7-5-6(11)3-4-9(7)14-10(12)13-8/h3-5H,2H2,1H3. The van der Waals surface area contributed by atoms with Crippen LogP contribution in [0.15, 0.2) is 18.2 Å². The molecule has 0 aliphatic heterocycles. The maximum absolute atomic E-state index is 5.90. The molecule has 0 saturated heterocycles. The molecule has 1 heterocycles. The maximum atomic E-state index is 5.90. The molecule has 72 valence electrons. The zero-order chi connectivity index (χ0) is 10.1. The molecule has 0 atom stereocenters. The molecule has 0 fully saturated rings. The van der Waals surface area contributed by atoms with E-state index in [4.69, 9.17) is 23.2 Å². The minimum atomic E-state index is 0.289. The van der Waals surface area contributed by atoms with Gasteiger partial charge in [0.15, 0.2) is 0 Å². The summed E-state index contributed by atoms with van der Waals surface area (Å²) in [6.07, 6.45) is 0.819. The molecule has 0 radical (unpaired) electrons. The second-order valence-corrected chi connectivity index (χ2v) is 3.73. The van der Waals surface area contributed by atoms with Crippen molar-refractivity contribution in [2.24, 2.45) is 0 Å². The topological polar surface area (TPSA) is 25.8 Å². The third-order valence-corrected chi connectivity index (χ3v) is 2.45. The van der Waals surface area contributed by atoms with Gasteiger partial charge in [0.1, 0.15) is 0 Å². The predicted molar refractivity (Wildman–Crippen MR) is 58.9 cm³/mol. The lowest BCUT2D eigenvalue weighted by Gasteiger charge is -2.03. The number of aryl methyl sites for hydroxylation is 1. The van der Waals surface area contributed by atoms with Crippen molar-refractivity contribution < 1.29 is 0 Å². The number of benzene rings is 1. The van der Waals surface area contributed by atoms with Gasteiger partial charge in [0.2, 0.25) is 5.28 Å². The third kappa shape index (κ3) is 1.68. The number of aromatic nitrogens is 2. The molecule has 0 spiro atoms. The third-order valence-electron chi connectivity index (χ3n) is 2.04. The molecule has 0 unspecified atom stereocenters. The Hall–Kier alpha value is -0.860. The highest BCUT2D eigenvalue weighted by Crippen LogP contribution is 2.22. The summed E-state index contributed by atoms with van der Waals surface area (Å²) in [5.41, 5.74) is 1.77. The highest BCUT2D eigenvalue weighted by molar-refractivity contribution is 6.31. The van der Waals surface area contributed by atoms with Crippen LogP contribution in [0.25, 0.3) is 10.9 Å². The van der Waals surface area contributed by atoms with Crippen LogP contribution in [0.5, 0.6) is 0 Å². The first-order valence-corrected chi connectivity index (χ1v) is 5.08. The molecule has 0 aliphatic rings. The quantitative estimate of drug-likeness (QED) is 0.696. The molecule has 2 nitrogen and oxygen atoms in total. The van der Waals surface area contributed by atoms with Gasteiger partial charge < -0.3 is 0 Å². The van der Waals surface area contributed by atoms with Crippen molar-refractivity contribution in [2.75, 3.05) is 0 Å². The van der Waals surface area contributed by atoms with Crippen molar-refractivity contribution in [3.05, 3.63) is 34.2 Å². The summed E-state index contributed by atoms with van der Waals surface area (Å²) in [5.74, 6) is 0. The molecule has 14 heavy (non-hydrogen) atoms. The van der Waals surface area contributed by atoms with Crippen LogP contribution in [-0.4, -0.2) is 9.97 Å². The van der Waals surface area contributed by atoms with Crippen LogP contribution in [0, 0.1) is 0 Å². The SMILES string of the molecule is CCc1nc(Cl)nc2ccc(Cl)cc12. The summed E-state index contributed by atoms with van der Waals surface area (Å²) in [6.45, 7) is 2.03. The van der Waals surface area contributed by atoms with Gasteiger partial charge in [0.25, 0.3) is 0 Å². The summed E-state index contributed by atoms with van der Waals surface area (Å²) < 4.78 is 0. The molecule has 0 N–H and O–H groups in total. The molecule has 0 bridgehead atoms. The minimum Gasteiger partial charge on any atom is -0.222 e. The van der Waals surface area contributed by atoms with Crippen LogP contribution < -0.4 is 0 Å². The number of halogens is 2. The zero-order valence-corrected chi connectivity index (χ0v) is 9.10. The van der Waals surface area contributed by atoms with Crippen LogP contribution in [0.4, 0.5) is 0 Å². The van der Waals surface area contributed by atoms with Crippen LogP contribution in [0.2, 0.25) is 10.3 Å². The van der Waals surface area contributed by atoms with Gasteiger partial charge in [-0.25, -0.2) is 9.97 Å². The Morgan fingerprint density at radius 1 is 1.21 bits per heavy atom. The van der Waals surface area contributed by atoms with Crippen molar-refractivity contribution in [1.29, 1.82) is 0 Å². The predicted octanol–water partition coefficient (Wildman–Crippen LogP) is 3.50. The number of fused-ring (bicyclic) bond motifs is 1. The first-order chi connectivity index (χ1) is 6.70. The lowest BCUT2D eigenvalue weighted by atomic mass is 10.1. The van der Waals surface area contributed by atoms with E-state index in [1.807, 2.05) is 19.1 Å². The van der Waals surface area contributed by atoms with E-state index in [2.05, 4.69) is 9.97 Å². The van der Waals surface area contributed by atoms with Crippen molar-refractivity contribution >= 4 is 34.1 Å². The van der Waals surface area contributed by atoms with Gasteiger partial charge in [-0.2, -0.15) is 0 Å². The van der Waals surface area contributed by atoms with Gasteiger partial charge in [0, 0.05) is 10.4 Å². The fourth-order valence-corrected chi connectivity index (χ4v) is 1.77. The smallest absolute Gasteiger partial charge is 0.222 e. The van der Waals surface area contributed by atoms with E-state index in [0.29, 0.717) is 5.02 Å². The molecular weight excluding hydrogens is 219 g/mol. The van der Waals surface area contributed by atoms with Crippen molar-refractivity contribution in [3.63, 3.8) is 0 Å². The molecule has 4 heteroatoms. The Kier molecular flexibility index (Phi) is 2.57. The van der Waals surface area contributed by atoms with E-state index in [0.717, 1.165) is 23.0 Å². The molecule has 1 aromatic carbocycles. The molecule has 0 amide bonds. The van der Waals surface area contributed by atoms with Crippen molar-refractivity contribution in [1.82, 2.24) is 9.97 Å². The van der Waals surface area contributed by atoms with Gasteiger partial charge in [-0.3, -0.25) is 0 Å². The van der Waals surface area contributed by atoms with Gasteiger partial charge in [-0.15, -0.1) is 0 Å². The van der Waals surface area contributed by atoms with Crippen LogP contribution in [0.3, 0.4) is 0 Å². The summed E-state index contributed by atoms with van der Waals surface area (Å²) >= 11 is 11.7. The maximum Gasteiger partial charge on any atom is 0.223 e. The molecule has 0 aliphatic carbocycles. The Balaban J connectivity index is 2.81. The highest BCUT2D eigenvalue weighted by Gasteiger charge is 2.05. The molecule has 1 aromatic heterocycles. The highest BCUT2D eigenvalue weighted by atomic mass is 35.5. The van der Waals surface area contributed by atoms with E-state index in [1.165, 1.54) is 0 Å².